The average molecular weight is 398 g/mol. The fourth-order valence-electron chi connectivity index (χ4n) is 2.77. The van der Waals surface area contributed by atoms with Gasteiger partial charge in [-0.05, 0) is 26.3 Å². The number of amides is 1. The third kappa shape index (κ3) is 3.59. The van der Waals surface area contributed by atoms with Crippen molar-refractivity contribution in [1.82, 2.24) is 24.5 Å². The van der Waals surface area contributed by atoms with Crippen LogP contribution in [0.3, 0.4) is 0 Å². The van der Waals surface area contributed by atoms with E-state index in [2.05, 4.69) is 20.5 Å². The maximum Gasteiger partial charge on any atom is 0.433 e. The number of anilines is 1. The molecule has 0 aliphatic carbocycles. The summed E-state index contributed by atoms with van der Waals surface area (Å²) in [6.45, 7) is 5.25. The van der Waals surface area contributed by atoms with Gasteiger partial charge in [0.25, 0.3) is 5.91 Å². The van der Waals surface area contributed by atoms with Crippen molar-refractivity contribution in [1.29, 1.82) is 0 Å². The summed E-state index contributed by atoms with van der Waals surface area (Å²) in [5, 5.41) is 12.2. The van der Waals surface area contributed by atoms with Crippen LogP contribution in [0.25, 0.3) is 5.13 Å². The molecule has 3 aromatic rings. The van der Waals surface area contributed by atoms with E-state index >= 15 is 0 Å². The molecule has 0 unspecified atom stereocenters. The number of nitrogens with zero attached hydrogens (tertiary/aromatic N) is 5. The number of halogens is 3. The topological polar surface area (TPSA) is 77.6 Å². The fraction of sp³-hybridized carbons (Fsp3) is 0.375. The molecule has 3 rings (SSSR count). The van der Waals surface area contributed by atoms with Crippen LogP contribution in [0.4, 0.5) is 19.0 Å². The number of rotatable bonds is 4. The quantitative estimate of drug-likeness (QED) is 0.730. The van der Waals surface area contributed by atoms with Gasteiger partial charge in [-0.25, -0.2) is 9.67 Å². The van der Waals surface area contributed by atoms with E-state index in [0.717, 1.165) is 28.7 Å². The predicted octanol–water partition coefficient (Wildman–Crippen LogP) is 3.51. The first-order chi connectivity index (χ1) is 12.6. The van der Waals surface area contributed by atoms with Gasteiger partial charge in [-0.1, -0.05) is 6.92 Å². The predicted molar refractivity (Wildman–Crippen MR) is 94.3 cm³/mol. The molecule has 0 atom stereocenters. The Morgan fingerprint density at radius 2 is 2.00 bits per heavy atom. The van der Waals surface area contributed by atoms with Gasteiger partial charge in [0.15, 0.2) is 5.69 Å². The first kappa shape index (κ1) is 19.1. The first-order valence-electron chi connectivity index (χ1n) is 8.05. The van der Waals surface area contributed by atoms with Gasteiger partial charge < -0.3 is 5.32 Å². The van der Waals surface area contributed by atoms with Gasteiger partial charge in [-0.15, -0.1) is 11.3 Å². The van der Waals surface area contributed by atoms with Crippen molar-refractivity contribution in [3.8, 4) is 5.13 Å². The maximum atomic E-state index is 13.2. The summed E-state index contributed by atoms with van der Waals surface area (Å²) in [4.78, 5) is 16.5. The van der Waals surface area contributed by atoms with Crippen LogP contribution in [-0.2, 0) is 19.6 Å². The van der Waals surface area contributed by atoms with E-state index in [1.807, 2.05) is 13.8 Å². The standard InChI is InChI=1S/C16H17F3N6OS/c1-5-10-9(3)23-24(4)13(10)21-14(26)11-7-27-15(20-11)25-12(16(17,18)19)6-8(2)22-25/h6-7H,5H2,1-4H3,(H,21,26). The van der Waals surface area contributed by atoms with Crippen LogP contribution in [0.1, 0.15) is 40.1 Å². The second-order valence-electron chi connectivity index (χ2n) is 5.94. The fourth-order valence-corrected chi connectivity index (χ4v) is 3.53. The van der Waals surface area contributed by atoms with Gasteiger partial charge in [0.1, 0.15) is 11.5 Å². The summed E-state index contributed by atoms with van der Waals surface area (Å²) in [5.74, 6) is 0.0214. The Hall–Kier alpha value is -2.69. The van der Waals surface area contributed by atoms with Gasteiger partial charge in [-0.2, -0.15) is 23.4 Å². The number of nitrogens with one attached hydrogen (secondary N) is 1. The molecule has 144 valence electrons. The van der Waals surface area contributed by atoms with E-state index in [-0.39, 0.29) is 16.5 Å². The molecule has 0 aromatic carbocycles. The molecule has 0 saturated heterocycles. The number of alkyl halides is 3. The normalized spacial score (nSPS) is 11.8. The molecule has 27 heavy (non-hydrogen) atoms. The molecular formula is C16H17F3N6OS. The molecular weight excluding hydrogens is 381 g/mol. The highest BCUT2D eigenvalue weighted by atomic mass is 32.1. The second kappa shape index (κ2) is 6.80. The van der Waals surface area contributed by atoms with Crippen LogP contribution in [0.5, 0.6) is 0 Å². The van der Waals surface area contributed by atoms with Crippen LogP contribution >= 0.6 is 11.3 Å². The summed E-state index contributed by atoms with van der Waals surface area (Å²) < 4.78 is 41.7. The summed E-state index contributed by atoms with van der Waals surface area (Å²) in [7, 11) is 1.70. The second-order valence-corrected chi connectivity index (χ2v) is 6.78. The zero-order valence-electron chi connectivity index (χ0n) is 15.0. The Morgan fingerprint density at radius 3 is 2.63 bits per heavy atom. The molecule has 0 spiro atoms. The van der Waals surface area contributed by atoms with Crippen molar-refractivity contribution in [3.63, 3.8) is 0 Å². The molecule has 0 radical (unpaired) electrons. The van der Waals surface area contributed by atoms with Crippen molar-refractivity contribution in [2.45, 2.75) is 33.4 Å². The maximum absolute atomic E-state index is 13.2. The highest BCUT2D eigenvalue weighted by molar-refractivity contribution is 7.12. The zero-order chi connectivity index (χ0) is 19.9. The highest BCUT2D eigenvalue weighted by Gasteiger charge is 2.36. The number of hydrogen-bond donors (Lipinski definition) is 1. The minimum absolute atomic E-state index is 0.0113. The SMILES string of the molecule is CCc1c(C)nn(C)c1NC(=O)c1csc(-n2nc(C)cc2C(F)(F)F)n1. The van der Waals surface area contributed by atoms with Gasteiger partial charge in [0.2, 0.25) is 5.13 Å². The molecule has 0 aliphatic heterocycles. The monoisotopic (exact) mass is 398 g/mol. The van der Waals surface area contributed by atoms with Crippen molar-refractivity contribution >= 4 is 23.1 Å². The molecule has 3 aromatic heterocycles. The molecule has 11 heteroatoms. The average Bonchev–Trinajstić information content (AvgIpc) is 3.25. The minimum atomic E-state index is -4.57. The molecule has 1 N–H and O–H groups in total. The number of aryl methyl sites for hydroxylation is 3. The third-order valence-electron chi connectivity index (χ3n) is 3.96. The number of hydrogen-bond acceptors (Lipinski definition) is 5. The lowest BCUT2D eigenvalue weighted by atomic mass is 10.2. The lowest BCUT2D eigenvalue weighted by molar-refractivity contribution is -0.142. The Bertz CT molecular complexity index is 1000. The summed E-state index contributed by atoms with van der Waals surface area (Å²) in [5.41, 5.74) is 0.981. The van der Waals surface area contributed by atoms with Gasteiger partial charge in [-0.3, -0.25) is 9.48 Å². The number of aromatic nitrogens is 5. The van der Waals surface area contributed by atoms with Crippen LogP contribution < -0.4 is 5.32 Å². The number of carbonyl (C=O) groups excluding carboxylic acids is 1. The molecule has 1 amide bonds. The minimum Gasteiger partial charge on any atom is -0.305 e. The smallest absolute Gasteiger partial charge is 0.305 e. The Kier molecular flexibility index (Phi) is 4.81. The molecule has 3 heterocycles. The van der Waals surface area contributed by atoms with Crippen LogP contribution in [0.15, 0.2) is 11.4 Å². The van der Waals surface area contributed by atoms with E-state index < -0.39 is 17.8 Å². The molecule has 0 bridgehead atoms. The van der Waals surface area contributed by atoms with Crippen molar-refractivity contribution in [3.05, 3.63) is 39.8 Å². The van der Waals surface area contributed by atoms with Crippen molar-refractivity contribution in [2.75, 3.05) is 5.32 Å². The van der Waals surface area contributed by atoms with E-state index in [1.54, 1.807) is 11.7 Å². The van der Waals surface area contributed by atoms with Crippen LogP contribution in [0.2, 0.25) is 0 Å². The molecule has 0 saturated carbocycles. The van der Waals surface area contributed by atoms with E-state index in [1.165, 1.54) is 12.3 Å². The Labute approximate surface area is 156 Å². The molecule has 0 fully saturated rings. The lowest BCUT2D eigenvalue weighted by Gasteiger charge is -2.07. The van der Waals surface area contributed by atoms with E-state index in [9.17, 15) is 18.0 Å². The molecule has 7 nitrogen and oxygen atoms in total. The van der Waals surface area contributed by atoms with Crippen molar-refractivity contribution < 1.29 is 18.0 Å². The number of thiazole rings is 1. The lowest BCUT2D eigenvalue weighted by Crippen LogP contribution is -2.17. The number of carbonyl (C=O) groups is 1. The van der Waals surface area contributed by atoms with Gasteiger partial charge in [0, 0.05) is 18.0 Å². The van der Waals surface area contributed by atoms with Gasteiger partial charge >= 0.3 is 6.18 Å². The summed E-state index contributed by atoms with van der Waals surface area (Å²) >= 11 is 0.911. The first-order valence-corrected chi connectivity index (χ1v) is 8.93. The van der Waals surface area contributed by atoms with E-state index in [4.69, 9.17) is 0 Å². The summed E-state index contributed by atoms with van der Waals surface area (Å²) in [6.07, 6.45) is -3.89. The summed E-state index contributed by atoms with van der Waals surface area (Å²) in [6, 6.07) is 0.938. The van der Waals surface area contributed by atoms with Crippen LogP contribution in [-0.4, -0.2) is 30.5 Å². The van der Waals surface area contributed by atoms with E-state index in [0.29, 0.717) is 16.9 Å². The highest BCUT2D eigenvalue weighted by Crippen LogP contribution is 2.32. The largest absolute Gasteiger partial charge is 0.433 e. The zero-order valence-corrected chi connectivity index (χ0v) is 15.9. The van der Waals surface area contributed by atoms with Crippen LogP contribution in [0, 0.1) is 13.8 Å². The Balaban J connectivity index is 1.90. The molecule has 0 aliphatic rings. The van der Waals surface area contributed by atoms with Gasteiger partial charge in [0.05, 0.1) is 11.4 Å². The third-order valence-corrected chi connectivity index (χ3v) is 4.78. The van der Waals surface area contributed by atoms with Crippen molar-refractivity contribution in [2.24, 2.45) is 7.05 Å². The Morgan fingerprint density at radius 1 is 1.30 bits per heavy atom.